The first-order valence-electron chi connectivity index (χ1n) is 11.2. The number of esters is 1. The van der Waals surface area contributed by atoms with Gasteiger partial charge in [-0.05, 0) is 74.4 Å². The number of hydrogen-bond donors (Lipinski definition) is 1. The van der Waals surface area contributed by atoms with Crippen LogP contribution in [0.15, 0.2) is 67.4 Å². The molecule has 2 aromatic carbocycles. The van der Waals surface area contributed by atoms with E-state index in [2.05, 4.69) is 15.3 Å². The van der Waals surface area contributed by atoms with Crippen molar-refractivity contribution in [2.75, 3.05) is 0 Å². The lowest BCUT2D eigenvalue weighted by molar-refractivity contribution is 0.00691. The maximum Gasteiger partial charge on any atom is 0.338 e. The van der Waals surface area contributed by atoms with Crippen LogP contribution < -0.4 is 5.32 Å². The van der Waals surface area contributed by atoms with Crippen LogP contribution in [0.4, 0.5) is 0 Å². The molecule has 2 amide bonds. The molecule has 0 saturated carbocycles. The number of aromatic nitrogens is 2. The van der Waals surface area contributed by atoms with Crippen LogP contribution in [0.5, 0.6) is 0 Å². The van der Waals surface area contributed by atoms with E-state index >= 15 is 0 Å². The molecule has 0 saturated heterocycles. The molecule has 0 radical (unpaired) electrons. The van der Waals surface area contributed by atoms with Gasteiger partial charge >= 0.3 is 5.97 Å². The van der Waals surface area contributed by atoms with E-state index in [1.807, 2.05) is 12.1 Å². The van der Waals surface area contributed by atoms with E-state index in [0.717, 1.165) is 16.7 Å². The molecule has 0 fully saturated rings. The third kappa shape index (κ3) is 5.97. The number of nitrogens with zero attached hydrogens (tertiary/aromatic N) is 3. The molecule has 3 aromatic rings. The molecule has 1 aromatic heterocycles. The van der Waals surface area contributed by atoms with Gasteiger partial charge in [0, 0.05) is 41.8 Å². The number of fused-ring (bicyclic) bond motifs is 1. The van der Waals surface area contributed by atoms with Crippen molar-refractivity contribution in [2.45, 2.75) is 39.5 Å². The monoisotopic (exact) mass is 470 g/mol. The summed E-state index contributed by atoms with van der Waals surface area (Å²) >= 11 is 0. The van der Waals surface area contributed by atoms with Crippen LogP contribution in [0.3, 0.4) is 0 Å². The number of hydrogen-bond acceptors (Lipinski definition) is 6. The molecular weight excluding hydrogens is 444 g/mol. The molecule has 0 unspecified atom stereocenters. The van der Waals surface area contributed by atoms with Crippen molar-refractivity contribution >= 4 is 23.9 Å². The van der Waals surface area contributed by atoms with Gasteiger partial charge in [-0.25, -0.2) is 14.8 Å². The van der Waals surface area contributed by atoms with E-state index in [1.54, 1.807) is 80.7 Å². The lowest BCUT2D eigenvalue weighted by Crippen LogP contribution is -2.28. The van der Waals surface area contributed by atoms with E-state index in [0.29, 0.717) is 29.8 Å². The minimum atomic E-state index is -0.594. The lowest BCUT2D eigenvalue weighted by Gasteiger charge is -2.24. The molecule has 8 nitrogen and oxygen atoms in total. The van der Waals surface area contributed by atoms with Crippen LogP contribution in [0, 0.1) is 0 Å². The largest absolute Gasteiger partial charge is 0.456 e. The van der Waals surface area contributed by atoms with Crippen LogP contribution in [-0.4, -0.2) is 38.3 Å². The minimum Gasteiger partial charge on any atom is -0.456 e. The fourth-order valence-electron chi connectivity index (χ4n) is 3.55. The zero-order valence-corrected chi connectivity index (χ0v) is 19.8. The van der Waals surface area contributed by atoms with Crippen molar-refractivity contribution < 1.29 is 19.1 Å². The third-order valence-electron chi connectivity index (χ3n) is 5.27. The van der Waals surface area contributed by atoms with E-state index in [9.17, 15) is 14.4 Å². The van der Waals surface area contributed by atoms with Crippen molar-refractivity contribution in [1.29, 1.82) is 0 Å². The average Bonchev–Trinajstić information content (AvgIpc) is 2.86. The van der Waals surface area contributed by atoms with Gasteiger partial charge in [0.15, 0.2) is 0 Å². The Kier molecular flexibility index (Phi) is 6.73. The summed E-state index contributed by atoms with van der Waals surface area (Å²) in [5, 5.41) is 2.85. The summed E-state index contributed by atoms with van der Waals surface area (Å²) in [4.78, 5) is 47.4. The highest BCUT2D eigenvalue weighted by molar-refractivity contribution is 5.98. The van der Waals surface area contributed by atoms with E-state index in [4.69, 9.17) is 4.74 Å². The number of carbonyl (C=O) groups is 3. The summed E-state index contributed by atoms with van der Waals surface area (Å²) in [5.74, 6) is -0.864. The number of carbonyl (C=O) groups excluding carboxylic acids is 3. The molecule has 0 aliphatic carbocycles. The molecule has 1 aliphatic rings. The highest BCUT2D eigenvalue weighted by atomic mass is 16.6. The predicted molar refractivity (Wildman–Crippen MR) is 130 cm³/mol. The Morgan fingerprint density at radius 2 is 1.63 bits per heavy atom. The fourth-order valence-corrected chi connectivity index (χ4v) is 3.55. The van der Waals surface area contributed by atoms with Crippen LogP contribution in [0.1, 0.15) is 68.5 Å². The van der Waals surface area contributed by atoms with Crippen molar-refractivity contribution in [2.24, 2.45) is 0 Å². The van der Waals surface area contributed by atoms with Gasteiger partial charge < -0.3 is 15.0 Å². The van der Waals surface area contributed by atoms with Crippen molar-refractivity contribution in [3.8, 4) is 0 Å². The zero-order chi connectivity index (χ0) is 25.0. The number of amides is 2. The molecular formula is C27H26N4O4. The fraction of sp³-hybridized carbons (Fsp3) is 0.222. The van der Waals surface area contributed by atoms with Gasteiger partial charge in [-0.15, -0.1) is 0 Å². The van der Waals surface area contributed by atoms with Crippen LogP contribution in [0.2, 0.25) is 0 Å². The average molecular weight is 471 g/mol. The smallest absolute Gasteiger partial charge is 0.338 e. The highest BCUT2D eigenvalue weighted by Crippen LogP contribution is 2.23. The van der Waals surface area contributed by atoms with Crippen molar-refractivity contribution in [1.82, 2.24) is 20.2 Å². The second-order valence-corrected chi connectivity index (χ2v) is 9.17. The maximum atomic E-state index is 13.1. The van der Waals surface area contributed by atoms with Crippen molar-refractivity contribution in [3.63, 3.8) is 0 Å². The first kappa shape index (κ1) is 23.8. The van der Waals surface area contributed by atoms with Gasteiger partial charge in [0.1, 0.15) is 11.9 Å². The van der Waals surface area contributed by atoms with E-state index in [1.165, 1.54) is 6.33 Å². The first-order valence-corrected chi connectivity index (χ1v) is 11.2. The molecule has 0 spiro atoms. The Labute approximate surface area is 203 Å². The summed E-state index contributed by atoms with van der Waals surface area (Å²) in [6.07, 6.45) is 8.30. The maximum absolute atomic E-state index is 13.1. The quantitative estimate of drug-likeness (QED) is 0.566. The summed E-state index contributed by atoms with van der Waals surface area (Å²) in [6, 6.07) is 11.8. The van der Waals surface area contributed by atoms with E-state index in [-0.39, 0.29) is 11.8 Å². The van der Waals surface area contributed by atoms with Crippen LogP contribution >= 0.6 is 0 Å². The van der Waals surface area contributed by atoms with Gasteiger partial charge in [-0.1, -0.05) is 6.07 Å². The molecule has 4 rings (SSSR count). The summed E-state index contributed by atoms with van der Waals surface area (Å²) in [5.41, 5.74) is 3.35. The molecule has 0 atom stereocenters. The molecule has 8 heteroatoms. The summed E-state index contributed by atoms with van der Waals surface area (Å²) < 4.78 is 5.37. The molecule has 1 N–H and O–H groups in total. The Hall–Kier alpha value is -4.33. The second-order valence-electron chi connectivity index (χ2n) is 9.17. The number of rotatable bonds is 5. The molecule has 35 heavy (non-hydrogen) atoms. The topological polar surface area (TPSA) is 101 Å². The summed E-state index contributed by atoms with van der Waals surface area (Å²) in [6.45, 7) is 6.05. The van der Waals surface area contributed by atoms with Gasteiger partial charge in [0.25, 0.3) is 11.8 Å². The Morgan fingerprint density at radius 3 is 2.31 bits per heavy atom. The van der Waals surface area contributed by atoms with Crippen molar-refractivity contribution in [3.05, 3.63) is 101 Å². The Balaban J connectivity index is 1.42. The normalized spacial score (nSPS) is 12.6. The lowest BCUT2D eigenvalue weighted by atomic mass is 10.00. The predicted octanol–water partition coefficient (Wildman–Crippen LogP) is 3.99. The Bertz CT molecular complexity index is 1280. The van der Waals surface area contributed by atoms with Gasteiger partial charge in [-0.3, -0.25) is 9.59 Å². The third-order valence-corrected chi connectivity index (χ3v) is 5.27. The number of ether oxygens (including phenoxy) is 1. The standard InChI is InChI=1S/C27H26N4O4/c1-27(2,3)35-26(34)21-7-5-20(6-8-21)25(33)31-11-10-19-4-9-22(12-23(19)16-31)24(32)30-15-18-13-28-17-29-14-18/h4-14,17H,15-16H2,1-3H3,(H,30,32). The molecule has 2 heterocycles. The Morgan fingerprint density at radius 1 is 0.971 bits per heavy atom. The summed E-state index contributed by atoms with van der Waals surface area (Å²) in [7, 11) is 0. The molecule has 1 aliphatic heterocycles. The molecule has 0 bridgehead atoms. The highest BCUT2D eigenvalue weighted by Gasteiger charge is 2.21. The number of benzene rings is 2. The van der Waals surface area contributed by atoms with Gasteiger partial charge in [0.05, 0.1) is 12.1 Å². The second kappa shape index (κ2) is 9.89. The zero-order valence-electron chi connectivity index (χ0n) is 19.8. The van der Waals surface area contributed by atoms with Gasteiger partial charge in [-0.2, -0.15) is 0 Å². The van der Waals surface area contributed by atoms with E-state index < -0.39 is 11.6 Å². The van der Waals surface area contributed by atoms with Crippen LogP contribution in [0.25, 0.3) is 6.08 Å². The molecule has 178 valence electrons. The minimum absolute atomic E-state index is 0.207. The SMILES string of the molecule is CC(C)(C)OC(=O)c1ccc(C(=O)N2C=Cc3ccc(C(=O)NCc4cncnc4)cc3C2)cc1. The number of nitrogens with one attached hydrogen (secondary N) is 1. The first-order chi connectivity index (χ1) is 16.7. The van der Waals surface area contributed by atoms with Gasteiger partial charge in [0.2, 0.25) is 0 Å². The van der Waals surface area contributed by atoms with Crippen LogP contribution in [-0.2, 0) is 17.8 Å².